The van der Waals surface area contributed by atoms with Crippen LogP contribution >= 0.6 is 11.6 Å². The molecule has 5 nitrogen and oxygen atoms in total. The van der Waals surface area contributed by atoms with Crippen LogP contribution in [0.4, 0.5) is 11.4 Å². The molecule has 0 saturated carbocycles. The third-order valence-corrected chi connectivity index (χ3v) is 5.49. The second-order valence-electron chi connectivity index (χ2n) is 5.94. The molecular formula is C20H17ClN2O3S. The van der Waals surface area contributed by atoms with Crippen molar-refractivity contribution in [3.8, 4) is 0 Å². The molecule has 2 N–H and O–H groups in total. The zero-order chi connectivity index (χ0) is 19.4. The Labute approximate surface area is 163 Å². The number of sulfonamides is 1. The van der Waals surface area contributed by atoms with E-state index in [0.29, 0.717) is 16.3 Å². The predicted molar refractivity (Wildman–Crippen MR) is 108 cm³/mol. The van der Waals surface area contributed by atoms with Crippen LogP contribution < -0.4 is 10.0 Å². The summed E-state index contributed by atoms with van der Waals surface area (Å²) in [7, 11) is -3.85. The Balaban J connectivity index is 1.82. The van der Waals surface area contributed by atoms with Crippen LogP contribution in [-0.4, -0.2) is 14.3 Å². The molecule has 0 spiro atoms. The van der Waals surface area contributed by atoms with Crippen LogP contribution in [-0.2, 0) is 10.0 Å². The number of carbonyl (C=O) groups is 1. The lowest BCUT2D eigenvalue weighted by Crippen LogP contribution is -2.15. The summed E-state index contributed by atoms with van der Waals surface area (Å²) in [6.45, 7) is 1.89. The Hall–Kier alpha value is -2.83. The Morgan fingerprint density at radius 3 is 2.41 bits per heavy atom. The number of hydrogen-bond donors (Lipinski definition) is 2. The summed E-state index contributed by atoms with van der Waals surface area (Å²) < 4.78 is 27.7. The summed E-state index contributed by atoms with van der Waals surface area (Å²) in [6.07, 6.45) is 0. The van der Waals surface area contributed by atoms with Gasteiger partial charge in [0.1, 0.15) is 0 Å². The van der Waals surface area contributed by atoms with Gasteiger partial charge in [-0.3, -0.25) is 9.52 Å². The number of benzene rings is 3. The monoisotopic (exact) mass is 400 g/mol. The smallest absolute Gasteiger partial charge is 0.262 e. The van der Waals surface area contributed by atoms with Gasteiger partial charge in [0.25, 0.3) is 15.9 Å². The van der Waals surface area contributed by atoms with Crippen molar-refractivity contribution in [2.75, 3.05) is 10.0 Å². The zero-order valence-electron chi connectivity index (χ0n) is 14.4. The second-order valence-corrected chi connectivity index (χ2v) is 8.03. The molecule has 3 aromatic carbocycles. The van der Waals surface area contributed by atoms with Gasteiger partial charge in [-0.15, -0.1) is 0 Å². The summed E-state index contributed by atoms with van der Waals surface area (Å²) in [6, 6.07) is 19.7. The first-order valence-electron chi connectivity index (χ1n) is 8.10. The van der Waals surface area contributed by atoms with Gasteiger partial charge in [0.05, 0.1) is 15.6 Å². The van der Waals surface area contributed by atoms with Crippen LogP contribution in [0.15, 0.2) is 77.7 Å². The normalized spacial score (nSPS) is 11.0. The highest BCUT2D eigenvalue weighted by molar-refractivity contribution is 7.92. The highest BCUT2D eigenvalue weighted by Crippen LogP contribution is 2.25. The first-order chi connectivity index (χ1) is 12.8. The lowest BCUT2D eigenvalue weighted by atomic mass is 10.1. The minimum atomic E-state index is -3.85. The van der Waals surface area contributed by atoms with Gasteiger partial charge in [0.2, 0.25) is 0 Å². The van der Waals surface area contributed by atoms with Gasteiger partial charge in [0, 0.05) is 11.3 Å². The SMILES string of the molecule is Cc1cccc(C(=O)Nc2cccc(S(=O)(=O)Nc3ccccc3Cl)c2)c1. The Bertz CT molecular complexity index is 1100. The molecule has 0 unspecified atom stereocenters. The first-order valence-corrected chi connectivity index (χ1v) is 9.97. The van der Waals surface area contributed by atoms with E-state index in [4.69, 9.17) is 11.6 Å². The maximum Gasteiger partial charge on any atom is 0.262 e. The molecule has 0 bridgehead atoms. The molecule has 0 heterocycles. The van der Waals surface area contributed by atoms with Gasteiger partial charge in [-0.2, -0.15) is 0 Å². The van der Waals surface area contributed by atoms with E-state index in [9.17, 15) is 13.2 Å². The molecule has 7 heteroatoms. The number of rotatable bonds is 5. The molecule has 3 aromatic rings. The molecule has 0 aliphatic heterocycles. The van der Waals surface area contributed by atoms with Crippen LogP contribution in [0.3, 0.4) is 0 Å². The number of amides is 1. The standard InChI is InChI=1S/C20H17ClN2O3S/c1-14-6-4-7-15(12-14)20(24)22-16-8-5-9-17(13-16)27(25,26)23-19-11-3-2-10-18(19)21/h2-13,23H,1H3,(H,22,24). The van der Waals surface area contributed by atoms with E-state index >= 15 is 0 Å². The van der Waals surface area contributed by atoms with Gasteiger partial charge >= 0.3 is 0 Å². The van der Waals surface area contributed by atoms with Crippen LogP contribution in [0.25, 0.3) is 0 Å². The van der Waals surface area contributed by atoms with E-state index in [0.717, 1.165) is 5.56 Å². The average Bonchev–Trinajstić information content (AvgIpc) is 2.64. The quantitative estimate of drug-likeness (QED) is 0.651. The van der Waals surface area contributed by atoms with Crippen LogP contribution in [0.2, 0.25) is 5.02 Å². The van der Waals surface area contributed by atoms with Gasteiger partial charge in [0.15, 0.2) is 0 Å². The fourth-order valence-corrected chi connectivity index (χ4v) is 3.84. The first kappa shape index (κ1) is 18.9. The van der Waals surface area contributed by atoms with Gasteiger partial charge in [-0.1, -0.05) is 47.5 Å². The molecule has 0 aromatic heterocycles. The molecule has 0 aliphatic rings. The summed E-state index contributed by atoms with van der Waals surface area (Å²) >= 11 is 6.01. The number of nitrogens with one attached hydrogen (secondary N) is 2. The molecule has 0 aliphatic carbocycles. The minimum Gasteiger partial charge on any atom is -0.322 e. The van der Waals surface area contributed by atoms with Crippen molar-refractivity contribution in [1.82, 2.24) is 0 Å². The topological polar surface area (TPSA) is 75.3 Å². The van der Waals surface area contributed by atoms with Crippen molar-refractivity contribution in [3.05, 3.63) is 88.9 Å². The molecule has 0 atom stereocenters. The number of carbonyl (C=O) groups excluding carboxylic acids is 1. The summed E-state index contributed by atoms with van der Waals surface area (Å²) in [5.74, 6) is -0.313. The average molecular weight is 401 g/mol. The third kappa shape index (κ3) is 4.67. The van der Waals surface area contributed by atoms with Crippen molar-refractivity contribution >= 4 is 38.9 Å². The number of para-hydroxylation sites is 1. The predicted octanol–water partition coefficient (Wildman–Crippen LogP) is 4.70. The Morgan fingerprint density at radius 1 is 0.926 bits per heavy atom. The fraction of sp³-hybridized carbons (Fsp3) is 0.0500. The van der Waals surface area contributed by atoms with E-state index in [1.54, 1.807) is 54.6 Å². The third-order valence-electron chi connectivity index (χ3n) is 3.80. The lowest BCUT2D eigenvalue weighted by molar-refractivity contribution is 0.102. The largest absolute Gasteiger partial charge is 0.322 e. The van der Waals surface area contributed by atoms with E-state index in [1.807, 2.05) is 13.0 Å². The van der Waals surface area contributed by atoms with E-state index in [-0.39, 0.29) is 16.5 Å². The Kier molecular flexibility index (Phi) is 5.48. The number of aryl methyl sites for hydroxylation is 1. The van der Waals surface area contributed by atoms with Crippen LogP contribution in [0.5, 0.6) is 0 Å². The number of halogens is 1. The van der Waals surface area contributed by atoms with Gasteiger partial charge < -0.3 is 5.32 Å². The molecule has 138 valence electrons. The van der Waals surface area contributed by atoms with Crippen molar-refractivity contribution in [1.29, 1.82) is 0 Å². The van der Waals surface area contributed by atoms with Crippen LogP contribution in [0, 0.1) is 6.92 Å². The molecule has 0 radical (unpaired) electrons. The molecular weight excluding hydrogens is 384 g/mol. The van der Waals surface area contributed by atoms with Crippen LogP contribution in [0.1, 0.15) is 15.9 Å². The summed E-state index contributed by atoms with van der Waals surface area (Å²) in [5, 5.41) is 3.01. The van der Waals surface area contributed by atoms with Gasteiger partial charge in [-0.05, 0) is 49.4 Å². The molecule has 0 saturated heterocycles. The summed E-state index contributed by atoms with van der Waals surface area (Å²) in [4.78, 5) is 12.4. The zero-order valence-corrected chi connectivity index (χ0v) is 16.0. The fourth-order valence-electron chi connectivity index (χ4n) is 2.48. The maximum absolute atomic E-state index is 12.6. The molecule has 1 amide bonds. The number of hydrogen-bond acceptors (Lipinski definition) is 3. The Morgan fingerprint density at radius 2 is 1.67 bits per heavy atom. The summed E-state index contributed by atoms with van der Waals surface area (Å²) in [5.41, 5.74) is 2.12. The highest BCUT2D eigenvalue weighted by Gasteiger charge is 2.16. The van der Waals surface area contributed by atoms with E-state index in [2.05, 4.69) is 10.0 Å². The highest BCUT2D eigenvalue weighted by atomic mass is 35.5. The minimum absolute atomic E-state index is 0.0180. The molecule has 27 heavy (non-hydrogen) atoms. The maximum atomic E-state index is 12.6. The second kappa shape index (κ2) is 7.82. The number of anilines is 2. The van der Waals surface area contributed by atoms with E-state index < -0.39 is 10.0 Å². The molecule has 0 fully saturated rings. The lowest BCUT2D eigenvalue weighted by Gasteiger charge is -2.11. The van der Waals surface area contributed by atoms with Crippen molar-refractivity contribution in [3.63, 3.8) is 0 Å². The van der Waals surface area contributed by atoms with Crippen molar-refractivity contribution < 1.29 is 13.2 Å². The van der Waals surface area contributed by atoms with Gasteiger partial charge in [-0.25, -0.2) is 8.42 Å². The van der Waals surface area contributed by atoms with Crippen molar-refractivity contribution in [2.24, 2.45) is 0 Å². The van der Waals surface area contributed by atoms with E-state index in [1.165, 1.54) is 12.1 Å². The molecule has 3 rings (SSSR count). The van der Waals surface area contributed by atoms with Crippen molar-refractivity contribution in [2.45, 2.75) is 11.8 Å².